The number of piperidine rings is 1. The van der Waals surface area contributed by atoms with Crippen molar-refractivity contribution in [1.82, 2.24) is 20.4 Å². The van der Waals surface area contributed by atoms with Crippen LogP contribution in [-0.4, -0.2) is 67.6 Å². The van der Waals surface area contributed by atoms with Crippen molar-refractivity contribution in [1.29, 1.82) is 0 Å². The Labute approximate surface area is 148 Å². The number of para-hydroxylation sites is 1. The molecule has 136 valence electrons. The molecule has 2 aliphatic rings. The van der Waals surface area contributed by atoms with E-state index in [1.807, 2.05) is 29.2 Å². The summed E-state index contributed by atoms with van der Waals surface area (Å²) in [6, 6.07) is 8.04. The van der Waals surface area contributed by atoms with Gasteiger partial charge in [0, 0.05) is 44.3 Å². The third kappa shape index (κ3) is 4.42. The summed E-state index contributed by atoms with van der Waals surface area (Å²) in [4.78, 5) is 28.0. The predicted octanol–water partition coefficient (Wildman–Crippen LogP) is 0.801. The summed E-state index contributed by atoms with van der Waals surface area (Å²) in [6.45, 7) is 4.08. The molecule has 25 heavy (non-hydrogen) atoms. The van der Waals surface area contributed by atoms with Crippen LogP contribution in [-0.2, 0) is 11.3 Å². The van der Waals surface area contributed by atoms with Crippen LogP contribution < -0.4 is 15.4 Å². The number of nitrogens with one attached hydrogen (secondary N) is 2. The maximum absolute atomic E-state index is 12.2. The molecule has 7 heteroatoms. The summed E-state index contributed by atoms with van der Waals surface area (Å²) >= 11 is 0. The molecule has 7 nitrogen and oxygen atoms in total. The zero-order chi connectivity index (χ0) is 17.6. The quantitative estimate of drug-likeness (QED) is 0.799. The lowest BCUT2D eigenvalue weighted by Crippen LogP contribution is -2.48. The molecule has 1 aromatic carbocycles. The summed E-state index contributed by atoms with van der Waals surface area (Å²) in [5, 5.41) is 5.81. The summed E-state index contributed by atoms with van der Waals surface area (Å²) in [5.74, 6) is 0.802. The Bertz CT molecular complexity index is 614. The molecule has 0 aliphatic carbocycles. The fourth-order valence-electron chi connectivity index (χ4n) is 3.53. The van der Waals surface area contributed by atoms with Crippen LogP contribution in [0, 0.1) is 0 Å². The van der Waals surface area contributed by atoms with Crippen LogP contribution in [0.5, 0.6) is 5.75 Å². The van der Waals surface area contributed by atoms with Crippen LogP contribution in [0.3, 0.4) is 0 Å². The topological polar surface area (TPSA) is 73.9 Å². The van der Waals surface area contributed by atoms with Gasteiger partial charge in [0.15, 0.2) is 0 Å². The smallest absolute Gasteiger partial charge is 0.317 e. The minimum Gasteiger partial charge on any atom is -0.496 e. The van der Waals surface area contributed by atoms with Crippen molar-refractivity contribution in [2.75, 3.05) is 39.8 Å². The van der Waals surface area contributed by atoms with Gasteiger partial charge >= 0.3 is 6.03 Å². The largest absolute Gasteiger partial charge is 0.496 e. The number of nitrogens with zero attached hydrogens (tertiary/aromatic N) is 2. The van der Waals surface area contributed by atoms with Crippen molar-refractivity contribution in [3.63, 3.8) is 0 Å². The Morgan fingerprint density at radius 1 is 1.28 bits per heavy atom. The predicted molar refractivity (Wildman–Crippen MR) is 94.4 cm³/mol. The SMILES string of the molecule is COc1ccccc1CNC(=O)CN1CCC(N2CCNC2=O)CC1. The zero-order valence-electron chi connectivity index (χ0n) is 14.7. The highest BCUT2D eigenvalue weighted by Crippen LogP contribution is 2.18. The molecule has 0 radical (unpaired) electrons. The van der Waals surface area contributed by atoms with Gasteiger partial charge < -0.3 is 20.3 Å². The second-order valence-corrected chi connectivity index (χ2v) is 6.52. The van der Waals surface area contributed by atoms with Gasteiger partial charge in [-0.2, -0.15) is 0 Å². The number of hydrogen-bond acceptors (Lipinski definition) is 4. The Morgan fingerprint density at radius 3 is 2.72 bits per heavy atom. The van der Waals surface area contributed by atoms with E-state index in [4.69, 9.17) is 4.74 Å². The molecule has 0 spiro atoms. The molecule has 0 saturated carbocycles. The molecule has 0 bridgehead atoms. The second-order valence-electron chi connectivity index (χ2n) is 6.52. The van der Waals surface area contributed by atoms with Crippen molar-refractivity contribution in [2.45, 2.75) is 25.4 Å². The van der Waals surface area contributed by atoms with Gasteiger partial charge in [-0.3, -0.25) is 9.69 Å². The van der Waals surface area contributed by atoms with Crippen molar-refractivity contribution < 1.29 is 14.3 Å². The molecule has 2 fully saturated rings. The fraction of sp³-hybridized carbons (Fsp3) is 0.556. The van der Waals surface area contributed by atoms with E-state index in [2.05, 4.69) is 15.5 Å². The van der Waals surface area contributed by atoms with Gasteiger partial charge in [0.05, 0.1) is 13.7 Å². The maximum Gasteiger partial charge on any atom is 0.317 e. The minimum atomic E-state index is 0.0169. The molecular formula is C18H26N4O3. The lowest BCUT2D eigenvalue weighted by molar-refractivity contribution is -0.122. The summed E-state index contributed by atoms with van der Waals surface area (Å²) in [6.07, 6.45) is 1.85. The number of amides is 3. The molecule has 0 atom stereocenters. The summed E-state index contributed by atoms with van der Waals surface area (Å²) in [5.41, 5.74) is 0.970. The van der Waals surface area contributed by atoms with E-state index in [0.717, 1.165) is 50.3 Å². The first kappa shape index (κ1) is 17.5. The Morgan fingerprint density at radius 2 is 2.04 bits per heavy atom. The van der Waals surface area contributed by atoms with Gasteiger partial charge in [-0.15, -0.1) is 0 Å². The normalized spacial score (nSPS) is 18.9. The zero-order valence-corrected chi connectivity index (χ0v) is 14.7. The highest BCUT2D eigenvalue weighted by molar-refractivity contribution is 5.78. The van der Waals surface area contributed by atoms with E-state index in [1.165, 1.54) is 0 Å². The number of likely N-dealkylation sites (tertiary alicyclic amines) is 1. The molecule has 0 unspecified atom stereocenters. The minimum absolute atomic E-state index is 0.0169. The molecule has 2 aliphatic heterocycles. The number of ether oxygens (including phenoxy) is 1. The summed E-state index contributed by atoms with van der Waals surface area (Å²) < 4.78 is 5.30. The highest BCUT2D eigenvalue weighted by atomic mass is 16.5. The number of carbonyl (C=O) groups is 2. The van der Waals surface area contributed by atoms with Crippen LogP contribution in [0.1, 0.15) is 18.4 Å². The standard InChI is InChI=1S/C18H26N4O3/c1-25-16-5-3-2-4-14(16)12-20-17(23)13-21-9-6-15(7-10-21)22-11-8-19-18(22)24/h2-5,15H,6-13H2,1H3,(H,19,24)(H,20,23). The number of urea groups is 1. The molecule has 1 aromatic rings. The van der Waals surface area contributed by atoms with Crippen LogP contribution in [0.15, 0.2) is 24.3 Å². The van der Waals surface area contributed by atoms with Crippen molar-refractivity contribution in [3.8, 4) is 5.75 Å². The average molecular weight is 346 g/mol. The number of benzene rings is 1. The molecular weight excluding hydrogens is 320 g/mol. The first-order valence-corrected chi connectivity index (χ1v) is 8.83. The molecule has 2 N–H and O–H groups in total. The van der Waals surface area contributed by atoms with E-state index in [9.17, 15) is 9.59 Å². The highest BCUT2D eigenvalue weighted by Gasteiger charge is 2.30. The van der Waals surface area contributed by atoms with E-state index in [-0.39, 0.29) is 11.9 Å². The number of rotatable bonds is 6. The van der Waals surface area contributed by atoms with Gasteiger partial charge in [0.1, 0.15) is 5.75 Å². The average Bonchev–Trinajstić information content (AvgIpc) is 3.07. The van der Waals surface area contributed by atoms with Crippen molar-refractivity contribution in [3.05, 3.63) is 29.8 Å². The first-order valence-electron chi connectivity index (χ1n) is 8.83. The Balaban J connectivity index is 1.41. The van der Waals surface area contributed by atoms with Gasteiger partial charge in [0.2, 0.25) is 5.91 Å². The van der Waals surface area contributed by atoms with Crippen molar-refractivity contribution in [2.24, 2.45) is 0 Å². The number of carbonyl (C=O) groups excluding carboxylic acids is 2. The fourth-order valence-corrected chi connectivity index (χ4v) is 3.53. The molecule has 0 aromatic heterocycles. The van der Waals surface area contributed by atoms with Gasteiger partial charge in [-0.05, 0) is 18.9 Å². The first-order chi connectivity index (χ1) is 12.2. The second kappa shape index (κ2) is 8.20. The molecule has 3 amide bonds. The van der Waals surface area contributed by atoms with E-state index in [0.29, 0.717) is 19.1 Å². The third-order valence-corrected chi connectivity index (χ3v) is 4.92. The monoisotopic (exact) mass is 346 g/mol. The number of methoxy groups -OCH3 is 1. The van der Waals surface area contributed by atoms with Crippen LogP contribution in [0.25, 0.3) is 0 Å². The van der Waals surface area contributed by atoms with Gasteiger partial charge in [-0.1, -0.05) is 18.2 Å². The number of hydrogen-bond donors (Lipinski definition) is 2. The molecule has 2 heterocycles. The van der Waals surface area contributed by atoms with Crippen LogP contribution in [0.2, 0.25) is 0 Å². The van der Waals surface area contributed by atoms with E-state index >= 15 is 0 Å². The van der Waals surface area contributed by atoms with E-state index in [1.54, 1.807) is 7.11 Å². The summed E-state index contributed by atoms with van der Waals surface area (Å²) in [7, 11) is 1.63. The van der Waals surface area contributed by atoms with Gasteiger partial charge in [0.25, 0.3) is 0 Å². The Kier molecular flexibility index (Phi) is 5.75. The maximum atomic E-state index is 12.2. The van der Waals surface area contributed by atoms with Gasteiger partial charge in [-0.25, -0.2) is 4.79 Å². The lowest BCUT2D eigenvalue weighted by atomic mass is 10.0. The lowest BCUT2D eigenvalue weighted by Gasteiger charge is -2.35. The molecule has 2 saturated heterocycles. The molecule has 3 rings (SSSR count). The van der Waals surface area contributed by atoms with Crippen molar-refractivity contribution >= 4 is 11.9 Å². The van der Waals surface area contributed by atoms with E-state index < -0.39 is 0 Å². The Hall–Kier alpha value is -2.28. The third-order valence-electron chi connectivity index (χ3n) is 4.92. The van der Waals surface area contributed by atoms with Crippen LogP contribution >= 0.6 is 0 Å². The van der Waals surface area contributed by atoms with Crippen LogP contribution in [0.4, 0.5) is 4.79 Å².